The molecule has 30 heavy (non-hydrogen) atoms. The number of amides is 1. The molecule has 0 aliphatic rings. The minimum atomic E-state index is -0.367. The third-order valence-electron chi connectivity index (χ3n) is 4.21. The van der Waals surface area contributed by atoms with Gasteiger partial charge in [0.25, 0.3) is 5.91 Å². The van der Waals surface area contributed by atoms with Crippen LogP contribution in [0.15, 0.2) is 72.1 Å². The van der Waals surface area contributed by atoms with Crippen LogP contribution in [0.2, 0.25) is 5.02 Å². The molecule has 8 heteroatoms. The second kappa shape index (κ2) is 9.21. The van der Waals surface area contributed by atoms with Gasteiger partial charge in [-0.25, -0.2) is 4.98 Å². The molecule has 150 valence electrons. The van der Waals surface area contributed by atoms with Crippen molar-refractivity contribution in [3.05, 3.63) is 77.1 Å². The molecular weight excluding hydrogens is 438 g/mol. The van der Waals surface area contributed by atoms with E-state index in [1.54, 1.807) is 24.3 Å². The molecule has 0 saturated heterocycles. The highest BCUT2D eigenvalue weighted by atomic mass is 35.5. The Bertz CT molecular complexity index is 1210. The van der Waals surface area contributed by atoms with E-state index in [1.807, 2.05) is 23.6 Å². The van der Waals surface area contributed by atoms with Crippen LogP contribution in [0.3, 0.4) is 0 Å². The number of aromatic nitrogens is 1. The van der Waals surface area contributed by atoms with Crippen molar-refractivity contribution < 1.29 is 9.53 Å². The number of benzene rings is 3. The van der Waals surface area contributed by atoms with E-state index in [4.69, 9.17) is 28.6 Å². The summed E-state index contributed by atoms with van der Waals surface area (Å²) in [7, 11) is 0. The van der Waals surface area contributed by atoms with Gasteiger partial charge in [0, 0.05) is 16.0 Å². The van der Waals surface area contributed by atoms with Gasteiger partial charge in [0.1, 0.15) is 5.75 Å². The van der Waals surface area contributed by atoms with Crippen molar-refractivity contribution in [2.75, 3.05) is 11.9 Å². The highest BCUT2D eigenvalue weighted by Crippen LogP contribution is 2.27. The Morgan fingerprint density at radius 1 is 1.07 bits per heavy atom. The molecule has 0 fully saturated rings. The molecule has 4 aromatic rings. The summed E-state index contributed by atoms with van der Waals surface area (Å²) in [6, 6.07) is 21.1. The van der Waals surface area contributed by atoms with E-state index in [-0.39, 0.29) is 17.6 Å². The summed E-state index contributed by atoms with van der Waals surface area (Å²) in [6.07, 6.45) is 0. The van der Waals surface area contributed by atoms with Crippen LogP contribution in [0.4, 0.5) is 5.13 Å². The standard InChI is InChI=1S/C22H16ClN3O2S2/c23-17-7-9-18(10-8-17)28-12-20(27)25-21(29)26-22-24-19(13-30-22)16-6-5-14-3-1-2-4-15(14)11-16/h1-11,13H,12H2,(H2,24,25,26,27,29). The summed E-state index contributed by atoms with van der Waals surface area (Å²) in [5.74, 6) is 0.183. The summed E-state index contributed by atoms with van der Waals surface area (Å²) < 4.78 is 5.40. The Balaban J connectivity index is 1.33. The van der Waals surface area contributed by atoms with Gasteiger partial charge in [-0.15, -0.1) is 11.3 Å². The number of thiocarbonyl (C=S) groups is 1. The number of rotatable bonds is 5. The number of fused-ring (bicyclic) bond motifs is 1. The highest BCUT2D eigenvalue weighted by Gasteiger charge is 2.10. The lowest BCUT2D eigenvalue weighted by molar-refractivity contribution is -0.121. The van der Waals surface area contributed by atoms with Gasteiger partial charge in [-0.2, -0.15) is 0 Å². The number of hydrogen-bond acceptors (Lipinski definition) is 5. The second-order valence-electron chi connectivity index (χ2n) is 6.34. The lowest BCUT2D eigenvalue weighted by Gasteiger charge is -2.08. The summed E-state index contributed by atoms with van der Waals surface area (Å²) >= 11 is 12.4. The van der Waals surface area contributed by atoms with Crippen molar-refractivity contribution in [3.63, 3.8) is 0 Å². The van der Waals surface area contributed by atoms with E-state index in [1.165, 1.54) is 16.7 Å². The van der Waals surface area contributed by atoms with Crippen molar-refractivity contribution >= 4 is 62.1 Å². The Hall–Kier alpha value is -3.00. The molecule has 2 N–H and O–H groups in total. The maximum Gasteiger partial charge on any atom is 0.264 e. The largest absolute Gasteiger partial charge is 0.484 e. The number of carbonyl (C=O) groups is 1. The highest BCUT2D eigenvalue weighted by molar-refractivity contribution is 7.80. The third kappa shape index (κ3) is 5.13. The fourth-order valence-electron chi connectivity index (χ4n) is 2.78. The third-order valence-corrected chi connectivity index (χ3v) is 5.42. The minimum absolute atomic E-state index is 0.163. The van der Waals surface area contributed by atoms with Crippen molar-refractivity contribution in [1.29, 1.82) is 0 Å². The van der Waals surface area contributed by atoms with Crippen LogP contribution >= 0.6 is 35.2 Å². The summed E-state index contributed by atoms with van der Waals surface area (Å²) in [5, 5.41) is 11.2. The number of nitrogens with one attached hydrogen (secondary N) is 2. The molecule has 3 aromatic carbocycles. The number of carbonyl (C=O) groups excluding carboxylic acids is 1. The van der Waals surface area contributed by atoms with Gasteiger partial charge in [0.05, 0.1) is 5.69 Å². The number of anilines is 1. The molecule has 0 aliphatic heterocycles. The molecule has 0 bridgehead atoms. The summed E-state index contributed by atoms with van der Waals surface area (Å²) in [4.78, 5) is 16.6. The molecular formula is C22H16ClN3O2S2. The molecule has 0 spiro atoms. The van der Waals surface area contributed by atoms with Crippen LogP contribution in [-0.2, 0) is 4.79 Å². The van der Waals surface area contributed by atoms with Crippen molar-refractivity contribution in [3.8, 4) is 17.0 Å². The molecule has 5 nitrogen and oxygen atoms in total. The Morgan fingerprint density at radius 2 is 1.83 bits per heavy atom. The van der Waals surface area contributed by atoms with Crippen LogP contribution in [-0.4, -0.2) is 22.6 Å². The van der Waals surface area contributed by atoms with Gasteiger partial charge in [-0.05, 0) is 53.3 Å². The molecule has 1 amide bonds. The van der Waals surface area contributed by atoms with E-state index >= 15 is 0 Å². The van der Waals surface area contributed by atoms with Crippen LogP contribution < -0.4 is 15.4 Å². The number of thiazole rings is 1. The Morgan fingerprint density at radius 3 is 2.63 bits per heavy atom. The smallest absolute Gasteiger partial charge is 0.264 e. The first-order chi connectivity index (χ1) is 14.6. The maximum absolute atomic E-state index is 12.0. The zero-order valence-electron chi connectivity index (χ0n) is 15.6. The van der Waals surface area contributed by atoms with E-state index in [0.29, 0.717) is 15.9 Å². The van der Waals surface area contributed by atoms with Gasteiger partial charge in [-0.1, -0.05) is 48.0 Å². The molecule has 1 heterocycles. The average molecular weight is 454 g/mol. The van der Waals surface area contributed by atoms with Crippen LogP contribution in [0, 0.1) is 0 Å². The molecule has 0 radical (unpaired) electrons. The molecule has 4 rings (SSSR count). The van der Waals surface area contributed by atoms with Crippen molar-refractivity contribution in [2.45, 2.75) is 0 Å². The molecule has 0 unspecified atom stereocenters. The molecule has 1 aromatic heterocycles. The number of ether oxygens (including phenoxy) is 1. The zero-order valence-corrected chi connectivity index (χ0v) is 18.0. The second-order valence-corrected chi connectivity index (χ2v) is 8.05. The normalized spacial score (nSPS) is 10.6. The SMILES string of the molecule is O=C(COc1ccc(Cl)cc1)NC(=S)Nc1nc(-c2ccc3ccccc3c2)cs1. The fraction of sp³-hybridized carbons (Fsp3) is 0.0455. The van der Waals surface area contributed by atoms with E-state index in [0.717, 1.165) is 16.6 Å². The minimum Gasteiger partial charge on any atom is -0.484 e. The molecule has 0 aliphatic carbocycles. The summed E-state index contributed by atoms with van der Waals surface area (Å²) in [5.41, 5.74) is 1.86. The lowest BCUT2D eigenvalue weighted by Crippen LogP contribution is -2.37. The topological polar surface area (TPSA) is 63.2 Å². The first-order valence-electron chi connectivity index (χ1n) is 9.01. The fourth-order valence-corrected chi connectivity index (χ4v) is 3.91. The van der Waals surface area contributed by atoms with Crippen LogP contribution in [0.25, 0.3) is 22.0 Å². The predicted molar refractivity (Wildman–Crippen MR) is 126 cm³/mol. The number of nitrogens with zero attached hydrogens (tertiary/aromatic N) is 1. The van der Waals surface area contributed by atoms with Crippen LogP contribution in [0.1, 0.15) is 0 Å². The quantitative estimate of drug-likeness (QED) is 0.390. The zero-order chi connectivity index (χ0) is 20.9. The van der Waals surface area contributed by atoms with Gasteiger partial charge in [0.15, 0.2) is 16.9 Å². The number of hydrogen-bond donors (Lipinski definition) is 2. The van der Waals surface area contributed by atoms with Crippen LogP contribution in [0.5, 0.6) is 5.75 Å². The van der Waals surface area contributed by atoms with Gasteiger partial charge in [-0.3, -0.25) is 10.1 Å². The average Bonchev–Trinajstić information content (AvgIpc) is 3.21. The van der Waals surface area contributed by atoms with E-state index in [9.17, 15) is 4.79 Å². The number of halogens is 1. The summed E-state index contributed by atoms with van der Waals surface area (Å²) in [6.45, 7) is -0.163. The predicted octanol–water partition coefficient (Wildman–Crippen LogP) is 5.51. The van der Waals surface area contributed by atoms with Gasteiger partial charge in [0.2, 0.25) is 0 Å². The van der Waals surface area contributed by atoms with E-state index in [2.05, 4.69) is 39.9 Å². The first-order valence-corrected chi connectivity index (χ1v) is 10.7. The molecule has 0 atom stereocenters. The Labute approximate surface area is 187 Å². The monoisotopic (exact) mass is 453 g/mol. The Kier molecular flexibility index (Phi) is 6.23. The lowest BCUT2D eigenvalue weighted by atomic mass is 10.1. The van der Waals surface area contributed by atoms with Crippen molar-refractivity contribution in [1.82, 2.24) is 10.3 Å². The molecule has 0 saturated carbocycles. The van der Waals surface area contributed by atoms with Crippen molar-refractivity contribution in [2.24, 2.45) is 0 Å². The first kappa shape index (κ1) is 20.3. The van der Waals surface area contributed by atoms with Gasteiger partial charge < -0.3 is 10.1 Å². The van der Waals surface area contributed by atoms with E-state index < -0.39 is 0 Å². The van der Waals surface area contributed by atoms with Gasteiger partial charge >= 0.3 is 0 Å². The maximum atomic E-state index is 12.0.